The summed E-state index contributed by atoms with van der Waals surface area (Å²) in [5, 5.41) is 0.264. The first-order valence-electron chi connectivity index (χ1n) is 10.5. The molecular formula is C25H29N3O2S. The number of aryl methyl sites for hydroxylation is 1. The summed E-state index contributed by atoms with van der Waals surface area (Å²) in [4.78, 5) is 21.1. The number of benzene rings is 1. The molecule has 2 N–H and O–H groups in total. The Morgan fingerprint density at radius 2 is 1.74 bits per heavy atom. The molecule has 0 unspecified atom stereocenters. The smallest absolute Gasteiger partial charge is 0.286 e. The second-order valence-corrected chi connectivity index (χ2v) is 10.7. The molecule has 1 aromatic carbocycles. The van der Waals surface area contributed by atoms with Gasteiger partial charge < -0.3 is 10.5 Å². The molecule has 4 rings (SSSR count). The first-order valence-corrected chi connectivity index (χ1v) is 11.3. The maximum absolute atomic E-state index is 12.0. The molecule has 31 heavy (non-hydrogen) atoms. The number of ether oxygens (including phenoxy) is 1. The van der Waals surface area contributed by atoms with Crippen molar-refractivity contribution in [2.24, 2.45) is 10.7 Å². The van der Waals surface area contributed by atoms with Crippen molar-refractivity contribution in [3.8, 4) is 17.0 Å². The highest BCUT2D eigenvalue weighted by Gasteiger charge is 2.37. The van der Waals surface area contributed by atoms with E-state index in [1.807, 2.05) is 12.1 Å². The van der Waals surface area contributed by atoms with Crippen molar-refractivity contribution in [1.29, 1.82) is 0 Å². The zero-order chi connectivity index (χ0) is 22.6. The number of hydrogen-bond acceptors (Lipinski definition) is 5. The number of aliphatic imine (C=N–C) groups is 1. The largest absolute Gasteiger partial charge is 0.494 e. The maximum Gasteiger partial charge on any atom is 0.286 e. The predicted octanol–water partition coefficient (Wildman–Crippen LogP) is 5.34. The molecule has 162 valence electrons. The lowest BCUT2D eigenvalue weighted by atomic mass is 9.62. The van der Waals surface area contributed by atoms with Gasteiger partial charge in [0.2, 0.25) is 0 Å². The standard InChI is InChI=1S/C25H29N3O2S/c1-14-11-17-18(25(4,5)10-9-24(17,2)3)13-16(14)21-19(30-6)8-7-15(27-21)12-20-22(29)28-23(26)31-20/h7-8,11-13H,9-10H2,1-6H3,(H2,26,28,29)/b20-12+. The van der Waals surface area contributed by atoms with E-state index < -0.39 is 0 Å². The number of pyridine rings is 1. The Hall–Kier alpha value is -2.60. The van der Waals surface area contributed by atoms with Gasteiger partial charge in [0.25, 0.3) is 5.91 Å². The lowest BCUT2D eigenvalue weighted by Gasteiger charge is -2.42. The van der Waals surface area contributed by atoms with Gasteiger partial charge in [0.1, 0.15) is 11.4 Å². The van der Waals surface area contributed by atoms with Gasteiger partial charge in [0, 0.05) is 5.56 Å². The number of fused-ring (bicyclic) bond motifs is 1. The number of amidine groups is 1. The first-order chi connectivity index (χ1) is 14.5. The van der Waals surface area contributed by atoms with Crippen molar-refractivity contribution in [2.45, 2.75) is 58.3 Å². The number of thioether (sulfide) groups is 1. The molecule has 1 amide bonds. The minimum atomic E-state index is -0.324. The zero-order valence-corrected chi connectivity index (χ0v) is 19.8. The molecule has 0 saturated carbocycles. The van der Waals surface area contributed by atoms with Crippen LogP contribution in [0.15, 0.2) is 34.2 Å². The van der Waals surface area contributed by atoms with Gasteiger partial charge >= 0.3 is 0 Å². The summed E-state index contributed by atoms with van der Waals surface area (Å²) in [6, 6.07) is 8.36. The summed E-state index contributed by atoms with van der Waals surface area (Å²) in [6.45, 7) is 11.4. The highest BCUT2D eigenvalue weighted by atomic mass is 32.2. The molecule has 1 aliphatic carbocycles. The van der Waals surface area contributed by atoms with Crippen molar-refractivity contribution in [2.75, 3.05) is 7.11 Å². The molecule has 2 aromatic rings. The molecule has 0 saturated heterocycles. The number of carbonyl (C=O) groups excluding carboxylic acids is 1. The van der Waals surface area contributed by atoms with E-state index in [0.717, 1.165) is 17.7 Å². The second kappa shape index (κ2) is 7.52. The fraction of sp³-hybridized carbons (Fsp3) is 0.400. The molecule has 0 atom stereocenters. The van der Waals surface area contributed by atoms with Crippen LogP contribution in [0.5, 0.6) is 5.75 Å². The maximum atomic E-state index is 12.0. The number of methoxy groups -OCH3 is 1. The van der Waals surface area contributed by atoms with Gasteiger partial charge in [-0.25, -0.2) is 4.98 Å². The van der Waals surface area contributed by atoms with E-state index in [2.05, 4.69) is 51.7 Å². The molecule has 1 aromatic heterocycles. The van der Waals surface area contributed by atoms with Crippen molar-refractivity contribution in [1.82, 2.24) is 4.98 Å². The lowest BCUT2D eigenvalue weighted by molar-refractivity contribution is -0.113. The molecule has 6 heteroatoms. The number of nitrogens with zero attached hydrogens (tertiary/aromatic N) is 2. The van der Waals surface area contributed by atoms with Gasteiger partial charge in [0.05, 0.1) is 17.7 Å². The number of rotatable bonds is 3. The van der Waals surface area contributed by atoms with Gasteiger partial charge in [-0.15, -0.1) is 0 Å². The molecule has 0 spiro atoms. The molecule has 0 fully saturated rings. The minimum absolute atomic E-state index is 0.0991. The van der Waals surface area contributed by atoms with Gasteiger partial charge in [-0.05, 0) is 83.3 Å². The van der Waals surface area contributed by atoms with Gasteiger partial charge in [-0.2, -0.15) is 4.99 Å². The second-order valence-electron chi connectivity index (χ2n) is 9.63. The van der Waals surface area contributed by atoms with Crippen LogP contribution in [0, 0.1) is 6.92 Å². The number of nitrogens with two attached hydrogens (primary N) is 1. The summed E-state index contributed by atoms with van der Waals surface area (Å²) in [5.74, 6) is 0.384. The van der Waals surface area contributed by atoms with Crippen LogP contribution in [0.2, 0.25) is 0 Å². The van der Waals surface area contributed by atoms with E-state index in [-0.39, 0.29) is 21.9 Å². The topological polar surface area (TPSA) is 77.6 Å². The van der Waals surface area contributed by atoms with Crippen LogP contribution in [0.4, 0.5) is 0 Å². The van der Waals surface area contributed by atoms with Crippen LogP contribution in [-0.2, 0) is 15.6 Å². The third kappa shape index (κ3) is 3.89. The molecule has 5 nitrogen and oxygen atoms in total. The quantitative estimate of drug-likeness (QED) is 0.658. The Labute approximate surface area is 188 Å². The van der Waals surface area contributed by atoms with E-state index in [9.17, 15) is 4.79 Å². The van der Waals surface area contributed by atoms with Crippen LogP contribution in [-0.4, -0.2) is 23.2 Å². The third-order valence-corrected chi connectivity index (χ3v) is 7.28. The molecule has 1 aliphatic heterocycles. The Morgan fingerprint density at radius 3 is 2.32 bits per heavy atom. The number of amides is 1. The fourth-order valence-electron chi connectivity index (χ4n) is 4.44. The number of hydrogen-bond donors (Lipinski definition) is 1. The number of carbonyl (C=O) groups is 1. The minimum Gasteiger partial charge on any atom is -0.494 e. The first kappa shape index (κ1) is 21.6. The van der Waals surface area contributed by atoms with E-state index in [1.54, 1.807) is 13.2 Å². The van der Waals surface area contributed by atoms with Crippen molar-refractivity contribution in [3.05, 3.63) is 51.6 Å². The summed E-state index contributed by atoms with van der Waals surface area (Å²) in [5.41, 5.74) is 12.4. The average Bonchev–Trinajstić information content (AvgIpc) is 3.02. The van der Waals surface area contributed by atoms with E-state index in [1.165, 1.54) is 34.9 Å². The normalized spacial score (nSPS) is 20.5. The van der Waals surface area contributed by atoms with Gasteiger partial charge in [0.15, 0.2) is 5.17 Å². The van der Waals surface area contributed by atoms with Crippen LogP contribution in [0.3, 0.4) is 0 Å². The van der Waals surface area contributed by atoms with Crippen LogP contribution in [0.25, 0.3) is 17.3 Å². The summed E-state index contributed by atoms with van der Waals surface area (Å²) in [7, 11) is 1.66. The highest BCUT2D eigenvalue weighted by Crippen LogP contribution is 2.48. The average molecular weight is 436 g/mol. The monoisotopic (exact) mass is 435 g/mol. The van der Waals surface area contributed by atoms with E-state index in [0.29, 0.717) is 16.3 Å². The molecule has 0 bridgehead atoms. The van der Waals surface area contributed by atoms with Crippen molar-refractivity contribution >= 4 is 28.9 Å². The Kier molecular flexibility index (Phi) is 5.24. The van der Waals surface area contributed by atoms with Gasteiger partial charge in [-0.3, -0.25) is 4.79 Å². The summed E-state index contributed by atoms with van der Waals surface area (Å²) >= 11 is 1.17. The molecular weight excluding hydrogens is 406 g/mol. The molecule has 0 radical (unpaired) electrons. The fourth-order valence-corrected chi connectivity index (χ4v) is 5.10. The predicted molar refractivity (Wildman–Crippen MR) is 128 cm³/mol. The number of aromatic nitrogens is 1. The highest BCUT2D eigenvalue weighted by molar-refractivity contribution is 8.18. The lowest BCUT2D eigenvalue weighted by Crippen LogP contribution is -2.34. The van der Waals surface area contributed by atoms with E-state index >= 15 is 0 Å². The third-order valence-electron chi connectivity index (χ3n) is 6.47. The van der Waals surface area contributed by atoms with Crippen LogP contribution >= 0.6 is 11.8 Å². The molecule has 2 heterocycles. The van der Waals surface area contributed by atoms with Gasteiger partial charge in [-0.1, -0.05) is 33.8 Å². The van der Waals surface area contributed by atoms with E-state index in [4.69, 9.17) is 15.5 Å². The molecule has 2 aliphatic rings. The van der Waals surface area contributed by atoms with Crippen LogP contribution in [0.1, 0.15) is 62.9 Å². The zero-order valence-electron chi connectivity index (χ0n) is 19.0. The Bertz CT molecular complexity index is 1150. The summed E-state index contributed by atoms with van der Waals surface area (Å²) in [6.07, 6.45) is 4.06. The van der Waals surface area contributed by atoms with Crippen molar-refractivity contribution < 1.29 is 9.53 Å². The SMILES string of the molecule is COc1ccc(/C=C2/SC(N)=NC2=O)nc1-c1cc2c(cc1C)C(C)(C)CCC2(C)C. The van der Waals surface area contributed by atoms with Crippen LogP contribution < -0.4 is 10.5 Å². The Balaban J connectivity index is 1.86. The summed E-state index contributed by atoms with van der Waals surface area (Å²) < 4.78 is 5.66. The Morgan fingerprint density at radius 1 is 1.10 bits per heavy atom. The van der Waals surface area contributed by atoms with Crippen molar-refractivity contribution in [3.63, 3.8) is 0 Å².